The Morgan fingerprint density at radius 1 is 1.19 bits per heavy atom. The van der Waals surface area contributed by atoms with Crippen molar-refractivity contribution in [3.8, 4) is 5.75 Å². The maximum Gasteiger partial charge on any atom is 0.231 e. The van der Waals surface area contributed by atoms with E-state index in [9.17, 15) is 4.79 Å². The Labute approximate surface area is 127 Å². The van der Waals surface area contributed by atoms with Crippen molar-refractivity contribution < 1.29 is 13.9 Å². The Balaban J connectivity index is 2.06. The highest BCUT2D eigenvalue weighted by atomic mass is 35.5. The van der Waals surface area contributed by atoms with Crippen molar-refractivity contribution in [2.45, 2.75) is 6.92 Å². The van der Waals surface area contributed by atoms with Crippen molar-refractivity contribution >= 4 is 28.4 Å². The number of halogens is 1. The van der Waals surface area contributed by atoms with Gasteiger partial charge in [0.2, 0.25) is 5.78 Å². The quantitative estimate of drug-likeness (QED) is 0.655. The van der Waals surface area contributed by atoms with Crippen LogP contribution in [0.25, 0.3) is 11.0 Å². The number of ether oxygens (including phenoxy) is 1. The molecule has 2 aromatic carbocycles. The summed E-state index contributed by atoms with van der Waals surface area (Å²) in [5.74, 6) is 0.591. The standard InChI is InChI=1S/C17H13ClO3/c1-2-20-14-8-4-3-6-11(14)17(19)16-10-12-13(18)7-5-9-15(12)21-16/h3-10H,2H2,1H3. The van der Waals surface area contributed by atoms with Crippen LogP contribution in [0.1, 0.15) is 23.0 Å². The number of furan rings is 1. The summed E-state index contributed by atoms with van der Waals surface area (Å²) in [5, 5.41) is 1.30. The molecule has 106 valence electrons. The summed E-state index contributed by atoms with van der Waals surface area (Å²) >= 11 is 6.11. The molecule has 0 spiro atoms. The molecule has 0 bridgehead atoms. The van der Waals surface area contributed by atoms with Crippen LogP contribution in [-0.2, 0) is 0 Å². The minimum Gasteiger partial charge on any atom is -0.493 e. The van der Waals surface area contributed by atoms with Gasteiger partial charge in [-0.15, -0.1) is 0 Å². The zero-order chi connectivity index (χ0) is 14.8. The van der Waals surface area contributed by atoms with Crippen LogP contribution in [0.3, 0.4) is 0 Å². The zero-order valence-electron chi connectivity index (χ0n) is 11.4. The number of carbonyl (C=O) groups excluding carboxylic acids is 1. The van der Waals surface area contributed by atoms with Crippen LogP contribution in [0.15, 0.2) is 52.9 Å². The van der Waals surface area contributed by atoms with E-state index in [1.165, 1.54) is 0 Å². The summed E-state index contributed by atoms with van der Waals surface area (Å²) in [7, 11) is 0. The van der Waals surface area contributed by atoms with Gasteiger partial charge in [-0.3, -0.25) is 4.79 Å². The Morgan fingerprint density at radius 3 is 2.76 bits per heavy atom. The van der Waals surface area contributed by atoms with Gasteiger partial charge in [-0.25, -0.2) is 0 Å². The molecule has 4 heteroatoms. The molecule has 3 nitrogen and oxygen atoms in total. The molecular formula is C17H13ClO3. The molecule has 21 heavy (non-hydrogen) atoms. The number of rotatable bonds is 4. The molecule has 0 saturated heterocycles. The van der Waals surface area contributed by atoms with Crippen LogP contribution in [0, 0.1) is 0 Å². The lowest BCUT2D eigenvalue weighted by Crippen LogP contribution is -2.04. The number of carbonyl (C=O) groups is 1. The highest BCUT2D eigenvalue weighted by Crippen LogP contribution is 2.29. The topological polar surface area (TPSA) is 39.4 Å². The number of para-hydroxylation sites is 1. The third kappa shape index (κ3) is 2.52. The number of fused-ring (bicyclic) bond motifs is 1. The van der Waals surface area contributed by atoms with Gasteiger partial charge in [0.25, 0.3) is 0 Å². The summed E-state index contributed by atoms with van der Waals surface area (Å²) in [4.78, 5) is 12.6. The highest BCUT2D eigenvalue weighted by Gasteiger charge is 2.19. The van der Waals surface area contributed by atoms with Gasteiger partial charge in [-0.2, -0.15) is 0 Å². The van der Waals surface area contributed by atoms with E-state index in [0.717, 1.165) is 5.39 Å². The van der Waals surface area contributed by atoms with Crippen molar-refractivity contribution in [3.63, 3.8) is 0 Å². The maximum atomic E-state index is 12.6. The Kier molecular flexibility index (Phi) is 3.67. The minimum absolute atomic E-state index is 0.216. The van der Waals surface area contributed by atoms with Gasteiger partial charge in [0, 0.05) is 5.39 Å². The average Bonchev–Trinajstić information content (AvgIpc) is 2.93. The summed E-state index contributed by atoms with van der Waals surface area (Å²) in [5.41, 5.74) is 1.08. The second-order valence-electron chi connectivity index (χ2n) is 4.52. The van der Waals surface area contributed by atoms with Crippen molar-refractivity contribution in [3.05, 3.63) is 64.9 Å². The van der Waals surface area contributed by atoms with Gasteiger partial charge >= 0.3 is 0 Å². The van der Waals surface area contributed by atoms with Crippen LogP contribution in [0.4, 0.5) is 0 Å². The van der Waals surface area contributed by atoms with E-state index in [1.54, 1.807) is 42.5 Å². The predicted octanol–water partition coefficient (Wildman–Crippen LogP) is 4.72. The van der Waals surface area contributed by atoms with Gasteiger partial charge in [-0.05, 0) is 37.3 Å². The lowest BCUT2D eigenvalue weighted by Gasteiger charge is -2.07. The molecule has 3 rings (SSSR count). The SMILES string of the molecule is CCOc1ccccc1C(=O)c1cc2c(Cl)cccc2o1. The van der Waals surface area contributed by atoms with Crippen LogP contribution >= 0.6 is 11.6 Å². The van der Waals surface area contributed by atoms with E-state index in [1.807, 2.05) is 13.0 Å². The molecule has 0 aliphatic rings. The summed E-state index contributed by atoms with van der Waals surface area (Å²) in [6, 6.07) is 14.1. The van der Waals surface area contributed by atoms with Gasteiger partial charge in [0.15, 0.2) is 5.76 Å². The number of hydrogen-bond acceptors (Lipinski definition) is 3. The van der Waals surface area contributed by atoms with Crippen molar-refractivity contribution in [2.75, 3.05) is 6.61 Å². The second kappa shape index (κ2) is 5.62. The Bertz CT molecular complexity index is 805. The number of ketones is 1. The molecule has 1 heterocycles. The summed E-state index contributed by atoms with van der Waals surface area (Å²) in [6.07, 6.45) is 0. The van der Waals surface area contributed by atoms with Crippen molar-refractivity contribution in [2.24, 2.45) is 0 Å². The van der Waals surface area contributed by atoms with E-state index < -0.39 is 0 Å². The third-order valence-corrected chi connectivity index (χ3v) is 3.49. The lowest BCUT2D eigenvalue weighted by atomic mass is 10.1. The van der Waals surface area contributed by atoms with Gasteiger partial charge in [0.1, 0.15) is 11.3 Å². The van der Waals surface area contributed by atoms with Crippen molar-refractivity contribution in [1.82, 2.24) is 0 Å². The third-order valence-electron chi connectivity index (χ3n) is 3.16. The second-order valence-corrected chi connectivity index (χ2v) is 4.93. The highest BCUT2D eigenvalue weighted by molar-refractivity contribution is 6.35. The number of hydrogen-bond donors (Lipinski definition) is 0. The molecule has 0 radical (unpaired) electrons. The molecule has 0 aliphatic carbocycles. The fourth-order valence-corrected chi connectivity index (χ4v) is 2.43. The van der Waals surface area contributed by atoms with E-state index in [0.29, 0.717) is 28.5 Å². The monoisotopic (exact) mass is 300 g/mol. The van der Waals surface area contributed by atoms with E-state index >= 15 is 0 Å². The first-order chi connectivity index (χ1) is 10.2. The summed E-state index contributed by atoms with van der Waals surface area (Å²) < 4.78 is 11.1. The van der Waals surface area contributed by atoms with Crippen molar-refractivity contribution in [1.29, 1.82) is 0 Å². The Morgan fingerprint density at radius 2 is 2.00 bits per heavy atom. The summed E-state index contributed by atoms with van der Waals surface area (Å²) in [6.45, 7) is 2.37. The lowest BCUT2D eigenvalue weighted by molar-refractivity contribution is 0.101. The van der Waals surface area contributed by atoms with Crippen LogP contribution in [0.5, 0.6) is 5.75 Å². The first-order valence-corrected chi connectivity index (χ1v) is 7.03. The fraction of sp³-hybridized carbons (Fsp3) is 0.118. The van der Waals surface area contributed by atoms with Gasteiger partial charge in [-0.1, -0.05) is 29.8 Å². The molecule has 0 fully saturated rings. The van der Waals surface area contributed by atoms with Crippen LogP contribution in [-0.4, -0.2) is 12.4 Å². The molecular weight excluding hydrogens is 288 g/mol. The number of benzene rings is 2. The molecule has 0 saturated carbocycles. The van der Waals surface area contributed by atoms with E-state index in [-0.39, 0.29) is 11.5 Å². The zero-order valence-corrected chi connectivity index (χ0v) is 12.2. The van der Waals surface area contributed by atoms with Crippen LogP contribution < -0.4 is 4.74 Å². The van der Waals surface area contributed by atoms with Crippen LogP contribution in [0.2, 0.25) is 5.02 Å². The molecule has 0 aliphatic heterocycles. The minimum atomic E-state index is -0.216. The normalized spacial score (nSPS) is 10.8. The van der Waals surface area contributed by atoms with E-state index in [4.69, 9.17) is 20.8 Å². The molecule has 0 atom stereocenters. The largest absolute Gasteiger partial charge is 0.493 e. The first-order valence-electron chi connectivity index (χ1n) is 6.65. The molecule has 0 unspecified atom stereocenters. The maximum absolute atomic E-state index is 12.6. The Hall–Kier alpha value is -2.26. The molecule has 0 amide bonds. The molecule has 1 aromatic heterocycles. The smallest absolute Gasteiger partial charge is 0.231 e. The van der Waals surface area contributed by atoms with Gasteiger partial charge < -0.3 is 9.15 Å². The predicted molar refractivity (Wildman–Crippen MR) is 82.3 cm³/mol. The fourth-order valence-electron chi connectivity index (χ4n) is 2.21. The molecule has 3 aromatic rings. The van der Waals surface area contributed by atoms with Gasteiger partial charge in [0.05, 0.1) is 17.2 Å². The molecule has 0 N–H and O–H groups in total. The van der Waals surface area contributed by atoms with E-state index in [2.05, 4.69) is 0 Å². The first kappa shape index (κ1) is 13.7. The average molecular weight is 301 g/mol.